The molecule has 164 valence electrons. The van der Waals surface area contributed by atoms with E-state index in [9.17, 15) is 14.0 Å². The topological polar surface area (TPSA) is 92.7 Å². The molecule has 9 heteroatoms. The summed E-state index contributed by atoms with van der Waals surface area (Å²) in [5.41, 5.74) is 3.95. The Kier molecular flexibility index (Phi) is 6.36. The zero-order valence-corrected chi connectivity index (χ0v) is 18.5. The fourth-order valence-corrected chi connectivity index (χ4v) is 4.16. The quantitative estimate of drug-likeness (QED) is 0.446. The van der Waals surface area contributed by atoms with Gasteiger partial charge in [0.1, 0.15) is 17.0 Å². The number of aromatic amines is 1. The van der Waals surface area contributed by atoms with Crippen molar-refractivity contribution >= 4 is 34.4 Å². The SMILES string of the molecule is Cc1cc(C)cc(NC(=O)CSCn2ncc3c(=O)[nH]c(Cc4ccc(F)cc4)nc32)c1. The van der Waals surface area contributed by atoms with Crippen LogP contribution in [0.3, 0.4) is 0 Å². The molecule has 4 rings (SSSR count). The number of hydrogen-bond acceptors (Lipinski definition) is 5. The van der Waals surface area contributed by atoms with Gasteiger partial charge in [0.25, 0.3) is 5.56 Å². The number of halogens is 1. The van der Waals surface area contributed by atoms with E-state index < -0.39 is 0 Å². The van der Waals surface area contributed by atoms with E-state index in [4.69, 9.17) is 0 Å². The van der Waals surface area contributed by atoms with E-state index >= 15 is 0 Å². The number of rotatable bonds is 7. The Hall–Kier alpha value is -3.46. The van der Waals surface area contributed by atoms with E-state index in [-0.39, 0.29) is 23.0 Å². The maximum absolute atomic E-state index is 13.1. The van der Waals surface area contributed by atoms with Crippen LogP contribution in [0.15, 0.2) is 53.5 Å². The van der Waals surface area contributed by atoms with Crippen LogP contribution in [0.25, 0.3) is 11.0 Å². The Morgan fingerprint density at radius 1 is 1.16 bits per heavy atom. The Morgan fingerprint density at radius 3 is 2.59 bits per heavy atom. The summed E-state index contributed by atoms with van der Waals surface area (Å²) in [6, 6.07) is 11.9. The number of thioether (sulfide) groups is 1. The van der Waals surface area contributed by atoms with Gasteiger partial charge in [-0.05, 0) is 54.8 Å². The van der Waals surface area contributed by atoms with Gasteiger partial charge in [0.05, 0.1) is 17.8 Å². The van der Waals surface area contributed by atoms with Crippen LogP contribution in [0.2, 0.25) is 0 Å². The average molecular weight is 452 g/mol. The number of benzene rings is 2. The van der Waals surface area contributed by atoms with Crippen LogP contribution >= 0.6 is 11.8 Å². The molecule has 2 aromatic heterocycles. The molecule has 0 saturated carbocycles. The van der Waals surface area contributed by atoms with Crippen molar-refractivity contribution in [1.29, 1.82) is 0 Å². The molecular weight excluding hydrogens is 429 g/mol. The van der Waals surface area contributed by atoms with Crippen molar-refractivity contribution in [2.24, 2.45) is 0 Å². The van der Waals surface area contributed by atoms with Gasteiger partial charge in [-0.25, -0.2) is 14.1 Å². The largest absolute Gasteiger partial charge is 0.325 e. The monoisotopic (exact) mass is 451 g/mol. The molecule has 0 aliphatic rings. The minimum Gasteiger partial charge on any atom is -0.325 e. The minimum absolute atomic E-state index is 0.112. The van der Waals surface area contributed by atoms with Crippen molar-refractivity contribution in [3.8, 4) is 0 Å². The van der Waals surface area contributed by atoms with Crippen LogP contribution in [-0.2, 0) is 17.1 Å². The van der Waals surface area contributed by atoms with Crippen molar-refractivity contribution in [2.75, 3.05) is 11.1 Å². The summed E-state index contributed by atoms with van der Waals surface area (Å²) in [4.78, 5) is 32.0. The summed E-state index contributed by atoms with van der Waals surface area (Å²) in [5.74, 6) is 0.644. The highest BCUT2D eigenvalue weighted by atomic mass is 32.2. The highest BCUT2D eigenvalue weighted by Gasteiger charge is 2.12. The van der Waals surface area contributed by atoms with Gasteiger partial charge >= 0.3 is 0 Å². The van der Waals surface area contributed by atoms with Gasteiger partial charge in [0, 0.05) is 12.1 Å². The molecule has 2 N–H and O–H groups in total. The van der Waals surface area contributed by atoms with E-state index in [1.165, 1.54) is 30.1 Å². The van der Waals surface area contributed by atoms with Crippen LogP contribution in [-0.4, -0.2) is 31.4 Å². The van der Waals surface area contributed by atoms with Gasteiger partial charge in [-0.2, -0.15) is 5.10 Å². The fraction of sp³-hybridized carbons (Fsp3) is 0.217. The number of carbonyl (C=O) groups excluding carboxylic acids is 1. The van der Waals surface area contributed by atoms with Gasteiger partial charge < -0.3 is 10.3 Å². The lowest BCUT2D eigenvalue weighted by Gasteiger charge is -2.08. The maximum atomic E-state index is 13.1. The summed E-state index contributed by atoms with van der Waals surface area (Å²) >= 11 is 1.37. The number of nitrogens with zero attached hydrogens (tertiary/aromatic N) is 3. The first-order chi connectivity index (χ1) is 15.4. The van der Waals surface area contributed by atoms with Gasteiger partial charge in [0.15, 0.2) is 5.65 Å². The molecule has 0 spiro atoms. The summed E-state index contributed by atoms with van der Waals surface area (Å²) in [6.45, 7) is 3.97. The predicted octanol–water partition coefficient (Wildman–Crippen LogP) is 3.80. The van der Waals surface area contributed by atoms with Crippen LogP contribution < -0.4 is 10.9 Å². The number of fused-ring (bicyclic) bond motifs is 1. The number of anilines is 1. The number of H-pyrrole nitrogens is 1. The molecule has 0 bridgehead atoms. The Balaban J connectivity index is 1.42. The molecule has 0 unspecified atom stereocenters. The second-order valence-corrected chi connectivity index (χ2v) is 8.55. The third kappa shape index (κ3) is 5.23. The van der Waals surface area contributed by atoms with Crippen molar-refractivity contribution < 1.29 is 9.18 Å². The predicted molar refractivity (Wildman–Crippen MR) is 124 cm³/mol. The van der Waals surface area contributed by atoms with Gasteiger partial charge in [-0.3, -0.25) is 9.59 Å². The average Bonchev–Trinajstić information content (AvgIpc) is 3.12. The molecule has 0 aliphatic carbocycles. The third-order valence-corrected chi connectivity index (χ3v) is 5.69. The fourth-order valence-electron chi connectivity index (χ4n) is 3.45. The molecule has 4 aromatic rings. The number of hydrogen-bond donors (Lipinski definition) is 2. The number of nitrogens with one attached hydrogen (secondary N) is 2. The van der Waals surface area contributed by atoms with Crippen molar-refractivity contribution in [1.82, 2.24) is 19.7 Å². The summed E-state index contributed by atoms with van der Waals surface area (Å²) in [5, 5.41) is 7.54. The van der Waals surface area contributed by atoms with Crippen LogP contribution in [0, 0.1) is 19.7 Å². The van der Waals surface area contributed by atoms with E-state index in [1.807, 2.05) is 32.0 Å². The molecule has 0 atom stereocenters. The van der Waals surface area contributed by atoms with Gasteiger partial charge in [0.2, 0.25) is 5.91 Å². The number of aryl methyl sites for hydroxylation is 2. The van der Waals surface area contributed by atoms with Crippen molar-refractivity contribution in [2.45, 2.75) is 26.1 Å². The molecule has 2 aromatic carbocycles. The second kappa shape index (κ2) is 9.35. The van der Waals surface area contributed by atoms with Gasteiger partial charge in [-0.1, -0.05) is 18.2 Å². The normalized spacial score (nSPS) is 11.1. The molecule has 1 amide bonds. The molecule has 32 heavy (non-hydrogen) atoms. The summed E-state index contributed by atoms with van der Waals surface area (Å²) in [7, 11) is 0. The van der Waals surface area contributed by atoms with E-state index in [0.717, 1.165) is 22.4 Å². The first kappa shape index (κ1) is 21.8. The molecule has 0 fully saturated rings. The molecule has 7 nitrogen and oxygen atoms in total. The molecular formula is C23H22FN5O2S. The lowest BCUT2D eigenvalue weighted by molar-refractivity contribution is -0.113. The van der Waals surface area contributed by atoms with Gasteiger partial charge in [-0.15, -0.1) is 11.8 Å². The first-order valence-corrected chi connectivity index (χ1v) is 11.2. The number of aromatic nitrogens is 4. The van der Waals surface area contributed by atoms with E-state index in [0.29, 0.717) is 29.2 Å². The summed E-state index contributed by atoms with van der Waals surface area (Å²) in [6.07, 6.45) is 1.83. The Morgan fingerprint density at radius 2 is 1.88 bits per heavy atom. The molecule has 2 heterocycles. The summed E-state index contributed by atoms with van der Waals surface area (Å²) < 4.78 is 14.7. The lowest BCUT2D eigenvalue weighted by atomic mass is 10.1. The van der Waals surface area contributed by atoms with Crippen molar-refractivity contribution in [3.05, 3.63) is 87.3 Å². The first-order valence-electron chi connectivity index (χ1n) is 10.0. The second-order valence-electron chi connectivity index (χ2n) is 7.60. The molecule has 0 saturated heterocycles. The number of carbonyl (C=O) groups is 1. The highest BCUT2D eigenvalue weighted by molar-refractivity contribution is 7.99. The zero-order chi connectivity index (χ0) is 22.7. The Bertz CT molecular complexity index is 1310. The van der Waals surface area contributed by atoms with Crippen LogP contribution in [0.4, 0.5) is 10.1 Å². The standard InChI is InChI=1S/C23H22FN5O2S/c1-14-7-15(2)9-18(8-14)26-21(30)12-32-13-29-22-19(11-25-29)23(31)28-20(27-22)10-16-3-5-17(24)6-4-16/h3-9,11H,10,12-13H2,1-2H3,(H,26,30)(H,27,28,31). The number of amides is 1. The zero-order valence-electron chi connectivity index (χ0n) is 17.7. The molecule has 0 radical (unpaired) electrons. The third-order valence-electron chi connectivity index (χ3n) is 4.79. The lowest BCUT2D eigenvalue weighted by Crippen LogP contribution is -2.15. The Labute approximate surface area is 188 Å². The van der Waals surface area contributed by atoms with E-state index in [2.05, 4.69) is 20.4 Å². The van der Waals surface area contributed by atoms with E-state index in [1.54, 1.807) is 16.8 Å². The highest BCUT2D eigenvalue weighted by Crippen LogP contribution is 2.16. The smallest absolute Gasteiger partial charge is 0.262 e. The van der Waals surface area contributed by atoms with Crippen LogP contribution in [0.1, 0.15) is 22.5 Å². The minimum atomic E-state index is -0.317. The molecule has 0 aliphatic heterocycles. The maximum Gasteiger partial charge on any atom is 0.262 e. The van der Waals surface area contributed by atoms with Crippen LogP contribution in [0.5, 0.6) is 0 Å². The van der Waals surface area contributed by atoms with Crippen molar-refractivity contribution in [3.63, 3.8) is 0 Å².